The van der Waals surface area contributed by atoms with E-state index in [9.17, 15) is 4.79 Å². The molecule has 2 rings (SSSR count). The lowest BCUT2D eigenvalue weighted by atomic mass is 10.2. The minimum atomic E-state index is -0.346. The molecular formula is C13H16N4O. The second-order valence-corrected chi connectivity index (χ2v) is 4.06. The molecule has 1 aromatic carbocycles. The summed E-state index contributed by atoms with van der Waals surface area (Å²) in [7, 11) is 0. The van der Waals surface area contributed by atoms with Crippen molar-refractivity contribution in [2.45, 2.75) is 19.5 Å². The lowest BCUT2D eigenvalue weighted by Gasteiger charge is -2.13. The molecule has 5 heteroatoms. The van der Waals surface area contributed by atoms with Crippen molar-refractivity contribution in [2.75, 3.05) is 5.32 Å². The fourth-order valence-corrected chi connectivity index (χ4v) is 1.65. The van der Waals surface area contributed by atoms with Gasteiger partial charge in [-0.15, -0.1) is 0 Å². The van der Waals surface area contributed by atoms with Gasteiger partial charge in [-0.05, 0) is 30.7 Å². The van der Waals surface area contributed by atoms with Crippen LogP contribution in [0.1, 0.15) is 18.5 Å². The summed E-state index contributed by atoms with van der Waals surface area (Å²) in [5.41, 5.74) is 7.30. The largest absolute Gasteiger partial charge is 0.326 e. The number of amides is 1. The van der Waals surface area contributed by atoms with Crippen molar-refractivity contribution >= 4 is 11.6 Å². The molecule has 0 aliphatic carbocycles. The van der Waals surface area contributed by atoms with E-state index in [1.54, 1.807) is 30.1 Å². The van der Waals surface area contributed by atoms with Gasteiger partial charge in [-0.3, -0.25) is 9.48 Å². The van der Waals surface area contributed by atoms with Crippen LogP contribution in [0, 0.1) is 0 Å². The van der Waals surface area contributed by atoms with E-state index >= 15 is 0 Å². The lowest BCUT2D eigenvalue weighted by Crippen LogP contribution is -2.24. The van der Waals surface area contributed by atoms with Crippen molar-refractivity contribution in [3.8, 4) is 0 Å². The summed E-state index contributed by atoms with van der Waals surface area (Å²) in [5.74, 6) is -0.104. The van der Waals surface area contributed by atoms with Crippen LogP contribution >= 0.6 is 0 Å². The molecule has 2 aromatic rings. The molecule has 94 valence electrons. The van der Waals surface area contributed by atoms with E-state index in [0.29, 0.717) is 6.54 Å². The van der Waals surface area contributed by atoms with Gasteiger partial charge in [0.2, 0.25) is 5.91 Å². The molecule has 1 heterocycles. The molecule has 1 aromatic heterocycles. The highest BCUT2D eigenvalue weighted by Gasteiger charge is 2.14. The Morgan fingerprint density at radius 1 is 1.50 bits per heavy atom. The van der Waals surface area contributed by atoms with Crippen LogP contribution in [0.25, 0.3) is 0 Å². The number of rotatable bonds is 4. The van der Waals surface area contributed by atoms with Crippen LogP contribution in [-0.2, 0) is 11.3 Å². The molecule has 0 saturated carbocycles. The number of carbonyl (C=O) groups is 1. The van der Waals surface area contributed by atoms with Crippen LogP contribution < -0.4 is 11.1 Å². The molecule has 5 nitrogen and oxygen atoms in total. The predicted molar refractivity (Wildman–Crippen MR) is 69.9 cm³/mol. The number of nitrogens with one attached hydrogen (secondary N) is 1. The Hall–Kier alpha value is -2.14. The van der Waals surface area contributed by atoms with Crippen molar-refractivity contribution in [1.29, 1.82) is 0 Å². The fraction of sp³-hybridized carbons (Fsp3) is 0.231. The van der Waals surface area contributed by atoms with E-state index < -0.39 is 0 Å². The molecule has 0 aliphatic heterocycles. The number of nitrogens with two attached hydrogens (primary N) is 1. The van der Waals surface area contributed by atoms with Gasteiger partial charge in [0, 0.05) is 24.6 Å². The fourth-order valence-electron chi connectivity index (χ4n) is 1.65. The first-order valence-electron chi connectivity index (χ1n) is 5.79. The molecule has 0 bridgehead atoms. The summed E-state index contributed by atoms with van der Waals surface area (Å²) in [6, 6.07) is 8.95. The van der Waals surface area contributed by atoms with Crippen molar-refractivity contribution < 1.29 is 4.79 Å². The molecule has 0 aliphatic rings. The smallest absolute Gasteiger partial charge is 0.248 e. The Kier molecular flexibility index (Phi) is 3.74. The van der Waals surface area contributed by atoms with Gasteiger partial charge in [-0.25, -0.2) is 0 Å². The highest BCUT2D eigenvalue weighted by molar-refractivity contribution is 5.93. The van der Waals surface area contributed by atoms with Gasteiger partial charge in [0.25, 0.3) is 0 Å². The summed E-state index contributed by atoms with van der Waals surface area (Å²) in [6.07, 6.45) is 3.42. The molecule has 0 radical (unpaired) electrons. The van der Waals surface area contributed by atoms with E-state index in [4.69, 9.17) is 5.73 Å². The Bertz CT molecular complexity index is 522. The maximum Gasteiger partial charge on any atom is 0.248 e. The first-order valence-corrected chi connectivity index (χ1v) is 5.79. The second-order valence-electron chi connectivity index (χ2n) is 4.06. The topological polar surface area (TPSA) is 72.9 Å². The molecule has 0 spiro atoms. The summed E-state index contributed by atoms with van der Waals surface area (Å²) >= 11 is 0. The third-order valence-electron chi connectivity index (χ3n) is 2.73. The average Bonchev–Trinajstić information content (AvgIpc) is 2.92. The first-order chi connectivity index (χ1) is 8.70. The quantitative estimate of drug-likeness (QED) is 0.856. The van der Waals surface area contributed by atoms with Gasteiger partial charge in [-0.2, -0.15) is 5.10 Å². The summed E-state index contributed by atoms with van der Waals surface area (Å²) in [5, 5.41) is 6.90. The van der Waals surface area contributed by atoms with Crippen LogP contribution in [0.2, 0.25) is 0 Å². The number of anilines is 1. The highest BCUT2D eigenvalue weighted by atomic mass is 16.2. The minimum absolute atomic E-state index is 0.104. The summed E-state index contributed by atoms with van der Waals surface area (Å²) in [6.45, 7) is 2.26. The first kappa shape index (κ1) is 12.3. The highest BCUT2D eigenvalue weighted by Crippen LogP contribution is 2.13. The van der Waals surface area contributed by atoms with Gasteiger partial charge in [0.1, 0.15) is 6.04 Å². The Balaban J connectivity index is 2.06. The summed E-state index contributed by atoms with van der Waals surface area (Å²) in [4.78, 5) is 12.0. The zero-order valence-electron chi connectivity index (χ0n) is 10.2. The van der Waals surface area contributed by atoms with E-state index in [1.165, 1.54) is 0 Å². The second kappa shape index (κ2) is 5.46. The standard InChI is InChI=1S/C13H16N4O/c1-10(17-7-3-6-15-17)13(18)16-12-5-2-4-11(8-12)9-14/h2-8,10H,9,14H2,1H3,(H,16,18)/t10-/m1/s1. The molecule has 1 atom stereocenters. The molecule has 18 heavy (non-hydrogen) atoms. The van der Waals surface area contributed by atoms with Crippen LogP contribution in [0.3, 0.4) is 0 Å². The third-order valence-corrected chi connectivity index (χ3v) is 2.73. The molecule has 0 saturated heterocycles. The van der Waals surface area contributed by atoms with Crippen molar-refractivity contribution in [2.24, 2.45) is 5.73 Å². The van der Waals surface area contributed by atoms with E-state index in [1.807, 2.05) is 24.3 Å². The molecular weight excluding hydrogens is 228 g/mol. The number of nitrogens with zero attached hydrogens (tertiary/aromatic N) is 2. The van der Waals surface area contributed by atoms with Crippen molar-refractivity contribution in [3.63, 3.8) is 0 Å². The SMILES string of the molecule is C[C@H](C(=O)Nc1cccc(CN)c1)n1cccn1. The van der Waals surface area contributed by atoms with Crippen molar-refractivity contribution in [3.05, 3.63) is 48.3 Å². The predicted octanol–water partition coefficient (Wildman–Crippen LogP) is 1.54. The average molecular weight is 244 g/mol. The molecule has 0 fully saturated rings. The number of aromatic nitrogens is 2. The minimum Gasteiger partial charge on any atom is -0.326 e. The number of carbonyl (C=O) groups excluding carboxylic acids is 1. The van der Waals surface area contributed by atoms with E-state index in [2.05, 4.69) is 10.4 Å². The maximum atomic E-state index is 12.0. The Morgan fingerprint density at radius 2 is 2.33 bits per heavy atom. The zero-order valence-corrected chi connectivity index (χ0v) is 10.2. The van der Waals surface area contributed by atoms with Crippen LogP contribution in [-0.4, -0.2) is 15.7 Å². The van der Waals surface area contributed by atoms with Gasteiger partial charge < -0.3 is 11.1 Å². The normalized spacial score (nSPS) is 12.1. The Morgan fingerprint density at radius 3 is 3.00 bits per heavy atom. The van der Waals surface area contributed by atoms with Crippen molar-refractivity contribution in [1.82, 2.24) is 9.78 Å². The zero-order chi connectivity index (χ0) is 13.0. The van der Waals surface area contributed by atoms with Gasteiger partial charge >= 0.3 is 0 Å². The van der Waals surface area contributed by atoms with E-state index in [0.717, 1.165) is 11.3 Å². The number of hydrogen-bond acceptors (Lipinski definition) is 3. The van der Waals surface area contributed by atoms with Crippen LogP contribution in [0.15, 0.2) is 42.7 Å². The monoisotopic (exact) mass is 244 g/mol. The van der Waals surface area contributed by atoms with Gasteiger partial charge in [0.15, 0.2) is 0 Å². The third kappa shape index (κ3) is 2.75. The lowest BCUT2D eigenvalue weighted by molar-refractivity contribution is -0.119. The molecule has 1 amide bonds. The van der Waals surface area contributed by atoms with Gasteiger partial charge in [0.05, 0.1) is 0 Å². The maximum absolute atomic E-state index is 12.0. The van der Waals surface area contributed by atoms with Gasteiger partial charge in [-0.1, -0.05) is 12.1 Å². The molecule has 0 unspecified atom stereocenters. The number of benzene rings is 1. The Labute approximate surface area is 106 Å². The van der Waals surface area contributed by atoms with Crippen LogP contribution in [0.4, 0.5) is 5.69 Å². The molecule has 3 N–H and O–H groups in total. The summed E-state index contributed by atoms with van der Waals surface area (Å²) < 4.78 is 1.61. The van der Waals surface area contributed by atoms with Crippen LogP contribution in [0.5, 0.6) is 0 Å². The number of hydrogen-bond donors (Lipinski definition) is 2. The van der Waals surface area contributed by atoms with E-state index in [-0.39, 0.29) is 11.9 Å².